The first-order valence-corrected chi connectivity index (χ1v) is 5.73. The van der Waals surface area contributed by atoms with Crippen LogP contribution in [0.25, 0.3) is 0 Å². The van der Waals surface area contributed by atoms with Gasteiger partial charge >= 0.3 is 0 Å². The smallest absolute Gasteiger partial charge is 0.0210 e. The first-order valence-electron chi connectivity index (χ1n) is 5.73. The van der Waals surface area contributed by atoms with Crippen LogP contribution in [0.3, 0.4) is 0 Å². The fraction of sp³-hybridized carbons (Fsp3) is 0.917. The molecule has 0 saturated heterocycles. The Morgan fingerprint density at radius 1 is 0.917 bits per heavy atom. The highest BCUT2D eigenvalue weighted by molar-refractivity contribution is 4.96. The molecule has 0 heterocycles. The van der Waals surface area contributed by atoms with Gasteiger partial charge in [-0.05, 0) is 24.7 Å². The Kier molecular flexibility index (Phi) is 4.72. The molecule has 1 aliphatic carbocycles. The third-order valence-corrected chi connectivity index (χ3v) is 3.31. The van der Waals surface area contributed by atoms with Crippen molar-refractivity contribution in [2.75, 3.05) is 0 Å². The Hall–Kier alpha value is 0. The highest BCUT2D eigenvalue weighted by atomic mass is 14.2. The maximum Gasteiger partial charge on any atom is -0.0210 e. The van der Waals surface area contributed by atoms with Crippen LogP contribution in [0.4, 0.5) is 0 Å². The fourth-order valence-electron chi connectivity index (χ4n) is 2.46. The first-order chi connectivity index (χ1) is 5.88. The van der Waals surface area contributed by atoms with Crippen molar-refractivity contribution in [2.45, 2.75) is 65.2 Å². The van der Waals surface area contributed by atoms with Crippen LogP contribution < -0.4 is 0 Å². The van der Waals surface area contributed by atoms with E-state index in [2.05, 4.69) is 13.8 Å². The summed E-state index contributed by atoms with van der Waals surface area (Å²) < 4.78 is 0. The monoisotopic (exact) mass is 167 g/mol. The molecule has 1 radical (unpaired) electrons. The Balaban J connectivity index is 2.35. The summed E-state index contributed by atoms with van der Waals surface area (Å²) in [5.74, 6) is 2.83. The van der Waals surface area contributed by atoms with Gasteiger partial charge in [-0.3, -0.25) is 0 Å². The minimum atomic E-state index is 0.947. The number of rotatable bonds is 3. The van der Waals surface area contributed by atoms with E-state index < -0.39 is 0 Å². The normalized spacial score (nSPS) is 21.2. The van der Waals surface area contributed by atoms with Gasteiger partial charge in [-0.2, -0.15) is 0 Å². The largest absolute Gasteiger partial charge is 0.0651 e. The van der Waals surface area contributed by atoms with E-state index in [1.54, 1.807) is 0 Å². The molecule has 0 bridgehead atoms. The van der Waals surface area contributed by atoms with Crippen molar-refractivity contribution in [3.63, 3.8) is 0 Å². The molecule has 0 spiro atoms. The molecule has 1 saturated carbocycles. The number of hydrogen-bond donors (Lipinski definition) is 0. The summed E-state index contributed by atoms with van der Waals surface area (Å²) in [6.45, 7) is 4.68. The number of hydrogen-bond acceptors (Lipinski definition) is 0. The molecule has 12 heavy (non-hydrogen) atoms. The summed E-state index contributed by atoms with van der Waals surface area (Å²) in [4.78, 5) is 0. The van der Waals surface area contributed by atoms with Crippen molar-refractivity contribution in [3.05, 3.63) is 5.92 Å². The maximum absolute atomic E-state index is 2.34. The molecule has 71 valence electrons. The van der Waals surface area contributed by atoms with E-state index in [-0.39, 0.29) is 0 Å². The molecule has 0 aliphatic heterocycles. The highest BCUT2D eigenvalue weighted by Gasteiger charge is 2.19. The Bertz CT molecular complexity index is 94.6. The molecule has 0 nitrogen and oxygen atoms in total. The second-order valence-electron chi connectivity index (χ2n) is 4.09. The van der Waals surface area contributed by atoms with Gasteiger partial charge in [0.2, 0.25) is 0 Å². The zero-order valence-corrected chi connectivity index (χ0v) is 8.73. The Morgan fingerprint density at radius 3 is 1.83 bits per heavy atom. The third kappa shape index (κ3) is 2.80. The average molecular weight is 167 g/mol. The van der Waals surface area contributed by atoms with Gasteiger partial charge in [-0.15, -0.1) is 0 Å². The third-order valence-electron chi connectivity index (χ3n) is 3.31. The summed E-state index contributed by atoms with van der Waals surface area (Å²) in [5.41, 5.74) is 0. The Morgan fingerprint density at radius 2 is 1.42 bits per heavy atom. The van der Waals surface area contributed by atoms with Gasteiger partial charge in [0.25, 0.3) is 0 Å². The topological polar surface area (TPSA) is 0 Å². The molecule has 0 unspecified atom stereocenters. The maximum atomic E-state index is 2.34. The molecular formula is C12H23. The zero-order valence-electron chi connectivity index (χ0n) is 8.73. The van der Waals surface area contributed by atoms with Gasteiger partial charge in [0.05, 0.1) is 0 Å². The minimum Gasteiger partial charge on any atom is -0.0651 e. The van der Waals surface area contributed by atoms with Crippen molar-refractivity contribution in [3.8, 4) is 0 Å². The molecule has 1 fully saturated rings. The molecule has 0 N–H and O–H groups in total. The predicted octanol–water partition coefficient (Wildman–Crippen LogP) is 4.35. The summed E-state index contributed by atoms with van der Waals surface area (Å²) >= 11 is 0. The lowest BCUT2D eigenvalue weighted by Crippen LogP contribution is -2.10. The van der Waals surface area contributed by atoms with Crippen LogP contribution in [0.15, 0.2) is 0 Å². The van der Waals surface area contributed by atoms with E-state index in [0.717, 1.165) is 5.92 Å². The lowest BCUT2D eigenvalue weighted by molar-refractivity contribution is 0.454. The van der Waals surface area contributed by atoms with Crippen molar-refractivity contribution < 1.29 is 0 Å². The van der Waals surface area contributed by atoms with Gasteiger partial charge < -0.3 is 0 Å². The molecule has 0 aromatic heterocycles. The van der Waals surface area contributed by atoms with E-state index in [0.29, 0.717) is 0 Å². The van der Waals surface area contributed by atoms with Crippen molar-refractivity contribution >= 4 is 0 Å². The van der Waals surface area contributed by atoms with Crippen LogP contribution in [0.1, 0.15) is 65.2 Å². The molecule has 0 amide bonds. The van der Waals surface area contributed by atoms with Gasteiger partial charge in [-0.1, -0.05) is 52.4 Å². The summed E-state index contributed by atoms with van der Waals surface area (Å²) in [6, 6.07) is 0. The highest BCUT2D eigenvalue weighted by Crippen LogP contribution is 2.34. The first kappa shape index (κ1) is 10.1. The molecule has 0 atom stereocenters. The summed E-state index contributed by atoms with van der Waals surface area (Å²) in [6.07, 6.45) is 11.5. The standard InChI is InChI=1S/C12H23/c1-3-11(4-2)12-9-7-5-6-8-10-12/h11H,3-10H2,1-2H3. The average Bonchev–Trinajstić information content (AvgIpc) is 2.35. The Labute approximate surface area is 77.7 Å². The molecule has 1 aliphatic rings. The van der Waals surface area contributed by atoms with Crippen molar-refractivity contribution in [2.24, 2.45) is 5.92 Å². The van der Waals surface area contributed by atoms with Crippen molar-refractivity contribution in [1.82, 2.24) is 0 Å². The molecule has 0 aromatic carbocycles. The van der Waals surface area contributed by atoms with Crippen LogP contribution >= 0.6 is 0 Å². The second-order valence-corrected chi connectivity index (χ2v) is 4.09. The SMILES string of the molecule is CCC(CC)[C]1CCCCCC1. The molecule has 0 aromatic rings. The van der Waals surface area contributed by atoms with Gasteiger partial charge in [-0.25, -0.2) is 0 Å². The lowest BCUT2D eigenvalue weighted by atomic mass is 9.83. The summed E-state index contributed by atoms with van der Waals surface area (Å²) in [5, 5.41) is 0. The van der Waals surface area contributed by atoms with E-state index in [1.807, 2.05) is 5.92 Å². The molecule has 1 rings (SSSR count). The van der Waals surface area contributed by atoms with E-state index in [4.69, 9.17) is 0 Å². The van der Waals surface area contributed by atoms with Gasteiger partial charge in [0.15, 0.2) is 0 Å². The van der Waals surface area contributed by atoms with Crippen LogP contribution in [0.5, 0.6) is 0 Å². The van der Waals surface area contributed by atoms with Crippen LogP contribution in [0, 0.1) is 11.8 Å². The van der Waals surface area contributed by atoms with E-state index in [1.165, 1.54) is 51.4 Å². The van der Waals surface area contributed by atoms with Crippen LogP contribution in [0.2, 0.25) is 0 Å². The van der Waals surface area contributed by atoms with Gasteiger partial charge in [0, 0.05) is 0 Å². The fourth-order valence-corrected chi connectivity index (χ4v) is 2.46. The van der Waals surface area contributed by atoms with E-state index in [9.17, 15) is 0 Å². The lowest BCUT2D eigenvalue weighted by Gasteiger charge is -2.22. The second kappa shape index (κ2) is 5.61. The van der Waals surface area contributed by atoms with Crippen LogP contribution in [-0.4, -0.2) is 0 Å². The summed E-state index contributed by atoms with van der Waals surface area (Å²) in [7, 11) is 0. The minimum absolute atomic E-state index is 0.947. The quantitative estimate of drug-likeness (QED) is 0.548. The zero-order chi connectivity index (χ0) is 8.81. The van der Waals surface area contributed by atoms with Crippen LogP contribution in [-0.2, 0) is 0 Å². The predicted molar refractivity (Wildman–Crippen MR) is 55.0 cm³/mol. The molecular weight excluding hydrogens is 144 g/mol. The van der Waals surface area contributed by atoms with Gasteiger partial charge in [0.1, 0.15) is 0 Å². The van der Waals surface area contributed by atoms with E-state index >= 15 is 0 Å². The van der Waals surface area contributed by atoms with Crippen molar-refractivity contribution in [1.29, 1.82) is 0 Å². The molecule has 0 heteroatoms.